The van der Waals surface area contributed by atoms with E-state index in [9.17, 15) is 4.79 Å². The van der Waals surface area contributed by atoms with Gasteiger partial charge in [-0.25, -0.2) is 4.98 Å². The number of hydrogen-bond donors (Lipinski definition) is 0. The van der Waals surface area contributed by atoms with Crippen molar-refractivity contribution in [3.8, 4) is 5.75 Å². The Morgan fingerprint density at radius 1 is 1.14 bits per heavy atom. The molecule has 1 aromatic heterocycles. The first kappa shape index (κ1) is 21.6. The Hall–Kier alpha value is -2.15. The number of rotatable bonds is 9. The number of ether oxygens (including phenoxy) is 1. The van der Waals surface area contributed by atoms with Crippen LogP contribution >= 0.6 is 22.9 Å². The second kappa shape index (κ2) is 10.1. The Kier molecular flexibility index (Phi) is 7.47. The molecule has 5 nitrogen and oxygen atoms in total. The fourth-order valence-electron chi connectivity index (χ4n) is 3.04. The van der Waals surface area contributed by atoms with Gasteiger partial charge in [0.15, 0.2) is 11.7 Å². The predicted molar refractivity (Wildman–Crippen MR) is 121 cm³/mol. The van der Waals surface area contributed by atoms with E-state index in [1.807, 2.05) is 49.4 Å². The highest BCUT2D eigenvalue weighted by Crippen LogP contribution is 2.31. The summed E-state index contributed by atoms with van der Waals surface area (Å²) < 4.78 is 6.72. The number of aromatic nitrogens is 1. The van der Waals surface area contributed by atoms with Gasteiger partial charge in [0.2, 0.25) is 0 Å². The molecule has 0 fully saturated rings. The minimum Gasteiger partial charge on any atom is -0.484 e. The van der Waals surface area contributed by atoms with Crippen LogP contribution in [0.25, 0.3) is 10.2 Å². The highest BCUT2D eigenvalue weighted by atomic mass is 35.5. The quantitative estimate of drug-likeness (QED) is 0.477. The van der Waals surface area contributed by atoms with Crippen LogP contribution in [0.3, 0.4) is 0 Å². The molecule has 3 aromatic rings. The van der Waals surface area contributed by atoms with Crippen molar-refractivity contribution in [2.75, 3.05) is 37.7 Å². The average Bonchev–Trinajstić information content (AvgIpc) is 3.12. The smallest absolute Gasteiger partial charge is 0.266 e. The number of amides is 1. The van der Waals surface area contributed by atoms with Gasteiger partial charge in [0.05, 0.1) is 10.2 Å². The van der Waals surface area contributed by atoms with Crippen molar-refractivity contribution in [2.45, 2.75) is 20.8 Å². The van der Waals surface area contributed by atoms with Crippen molar-refractivity contribution in [3.63, 3.8) is 0 Å². The van der Waals surface area contributed by atoms with Crippen LogP contribution < -0.4 is 9.64 Å². The molecule has 0 unspecified atom stereocenters. The van der Waals surface area contributed by atoms with E-state index in [-0.39, 0.29) is 12.5 Å². The van der Waals surface area contributed by atoms with E-state index in [0.29, 0.717) is 22.4 Å². The Balaban J connectivity index is 1.79. The molecule has 0 aliphatic carbocycles. The Morgan fingerprint density at radius 3 is 2.66 bits per heavy atom. The second-order valence-corrected chi connectivity index (χ2v) is 8.23. The minimum atomic E-state index is -0.108. The molecule has 1 heterocycles. The van der Waals surface area contributed by atoms with Crippen LogP contribution in [0.2, 0.25) is 5.02 Å². The van der Waals surface area contributed by atoms with Gasteiger partial charge in [-0.1, -0.05) is 48.9 Å². The van der Waals surface area contributed by atoms with E-state index in [2.05, 4.69) is 23.7 Å². The number of likely N-dealkylation sites (N-methyl/N-ethyl adjacent to an activating group) is 1. The zero-order valence-corrected chi connectivity index (χ0v) is 18.6. The maximum Gasteiger partial charge on any atom is 0.266 e. The Bertz CT molecular complexity index is 972. The van der Waals surface area contributed by atoms with Crippen molar-refractivity contribution >= 4 is 44.2 Å². The lowest BCUT2D eigenvalue weighted by molar-refractivity contribution is -0.120. The largest absolute Gasteiger partial charge is 0.484 e. The van der Waals surface area contributed by atoms with Gasteiger partial charge in [-0.15, -0.1) is 0 Å². The Morgan fingerprint density at radius 2 is 1.93 bits per heavy atom. The van der Waals surface area contributed by atoms with E-state index < -0.39 is 0 Å². The zero-order chi connectivity index (χ0) is 20.8. The number of aryl methyl sites for hydroxylation is 1. The van der Waals surface area contributed by atoms with E-state index in [1.165, 1.54) is 11.3 Å². The molecule has 154 valence electrons. The summed E-state index contributed by atoms with van der Waals surface area (Å²) in [6, 6.07) is 13.3. The number of benzene rings is 2. The van der Waals surface area contributed by atoms with Crippen LogP contribution in [0.1, 0.15) is 19.4 Å². The second-order valence-electron chi connectivity index (χ2n) is 6.79. The van der Waals surface area contributed by atoms with Crippen molar-refractivity contribution < 1.29 is 9.53 Å². The summed E-state index contributed by atoms with van der Waals surface area (Å²) in [4.78, 5) is 21.7. The maximum absolute atomic E-state index is 13.1. The summed E-state index contributed by atoms with van der Waals surface area (Å²) in [6.45, 7) is 9.43. The first-order chi connectivity index (χ1) is 14.0. The van der Waals surface area contributed by atoms with Crippen LogP contribution in [0.15, 0.2) is 42.5 Å². The molecule has 2 aromatic carbocycles. The molecule has 29 heavy (non-hydrogen) atoms. The van der Waals surface area contributed by atoms with Gasteiger partial charge < -0.3 is 9.64 Å². The van der Waals surface area contributed by atoms with Gasteiger partial charge in [0.1, 0.15) is 5.75 Å². The summed E-state index contributed by atoms with van der Waals surface area (Å²) in [5.41, 5.74) is 1.94. The van der Waals surface area contributed by atoms with Gasteiger partial charge in [-0.3, -0.25) is 9.69 Å². The van der Waals surface area contributed by atoms with Crippen LogP contribution in [-0.2, 0) is 4.79 Å². The molecule has 0 spiro atoms. The minimum absolute atomic E-state index is 0.0294. The first-order valence-corrected chi connectivity index (χ1v) is 11.0. The fourth-order valence-corrected chi connectivity index (χ4v) is 4.32. The van der Waals surface area contributed by atoms with E-state index in [4.69, 9.17) is 16.3 Å². The third-order valence-corrected chi connectivity index (χ3v) is 6.03. The van der Waals surface area contributed by atoms with Crippen molar-refractivity contribution in [2.24, 2.45) is 0 Å². The SMILES string of the molecule is CCN(CC)CCN(C(=O)COc1cccc(C)c1)c1nc2ccc(Cl)cc2s1. The number of fused-ring (bicyclic) bond motifs is 1. The number of carbonyl (C=O) groups excluding carboxylic acids is 1. The van der Waals surface area contributed by atoms with Gasteiger partial charge in [-0.05, 0) is 55.9 Å². The number of nitrogens with zero attached hydrogens (tertiary/aromatic N) is 3. The zero-order valence-electron chi connectivity index (χ0n) is 17.0. The molecule has 0 N–H and O–H groups in total. The van der Waals surface area contributed by atoms with Crippen molar-refractivity contribution in [1.82, 2.24) is 9.88 Å². The average molecular weight is 432 g/mol. The summed E-state index contributed by atoms with van der Waals surface area (Å²) in [5.74, 6) is 0.585. The number of halogens is 1. The normalized spacial score (nSPS) is 11.2. The summed E-state index contributed by atoms with van der Waals surface area (Å²) in [7, 11) is 0. The van der Waals surface area contributed by atoms with Crippen molar-refractivity contribution in [1.29, 1.82) is 0 Å². The number of hydrogen-bond acceptors (Lipinski definition) is 5. The van der Waals surface area contributed by atoms with Crippen LogP contribution in [-0.4, -0.2) is 48.6 Å². The third-order valence-electron chi connectivity index (χ3n) is 4.76. The van der Waals surface area contributed by atoms with Gasteiger partial charge in [0.25, 0.3) is 5.91 Å². The van der Waals surface area contributed by atoms with Crippen LogP contribution in [0.5, 0.6) is 5.75 Å². The van der Waals surface area contributed by atoms with Gasteiger partial charge in [0, 0.05) is 18.1 Å². The lowest BCUT2D eigenvalue weighted by Gasteiger charge is -2.24. The third kappa shape index (κ3) is 5.69. The number of carbonyl (C=O) groups is 1. The first-order valence-electron chi connectivity index (χ1n) is 9.78. The molecule has 3 rings (SSSR count). The fraction of sp³-hybridized carbons (Fsp3) is 0.364. The number of anilines is 1. The van der Waals surface area contributed by atoms with Crippen LogP contribution in [0, 0.1) is 6.92 Å². The molecule has 1 amide bonds. The Labute approximate surface area is 180 Å². The molecule has 0 aliphatic heterocycles. The lowest BCUT2D eigenvalue weighted by atomic mass is 10.2. The highest BCUT2D eigenvalue weighted by Gasteiger charge is 2.21. The molecule has 0 saturated heterocycles. The molecule has 0 aliphatic rings. The summed E-state index contributed by atoms with van der Waals surface area (Å²) in [6.07, 6.45) is 0. The molecule has 0 radical (unpaired) electrons. The standard InChI is InChI=1S/C22H26ClN3O2S/c1-4-25(5-2)11-12-26(21(27)15-28-18-8-6-7-16(3)13-18)22-24-19-10-9-17(23)14-20(19)29-22/h6-10,13-14H,4-5,11-12,15H2,1-3H3. The highest BCUT2D eigenvalue weighted by molar-refractivity contribution is 7.22. The predicted octanol–water partition coefficient (Wildman–Crippen LogP) is 5.01. The molecule has 0 atom stereocenters. The lowest BCUT2D eigenvalue weighted by Crippen LogP contribution is -2.41. The molecule has 7 heteroatoms. The number of thiazole rings is 1. The molecule has 0 bridgehead atoms. The van der Waals surface area contributed by atoms with E-state index in [0.717, 1.165) is 35.4 Å². The van der Waals surface area contributed by atoms with Crippen molar-refractivity contribution in [3.05, 3.63) is 53.1 Å². The van der Waals surface area contributed by atoms with E-state index in [1.54, 1.807) is 4.90 Å². The molecular weight excluding hydrogens is 406 g/mol. The maximum atomic E-state index is 13.1. The molecular formula is C22H26ClN3O2S. The van der Waals surface area contributed by atoms with Crippen LogP contribution in [0.4, 0.5) is 5.13 Å². The molecule has 0 saturated carbocycles. The summed E-state index contributed by atoms with van der Waals surface area (Å²) >= 11 is 7.59. The van der Waals surface area contributed by atoms with E-state index >= 15 is 0 Å². The van der Waals surface area contributed by atoms with Gasteiger partial charge in [-0.2, -0.15) is 0 Å². The van der Waals surface area contributed by atoms with Gasteiger partial charge >= 0.3 is 0 Å². The monoisotopic (exact) mass is 431 g/mol. The summed E-state index contributed by atoms with van der Waals surface area (Å²) in [5, 5.41) is 1.34. The topological polar surface area (TPSA) is 45.7 Å².